The lowest BCUT2D eigenvalue weighted by molar-refractivity contribution is 0.0734. The van der Waals surface area contributed by atoms with Gasteiger partial charge in [0, 0.05) is 47.2 Å². The summed E-state index contributed by atoms with van der Waals surface area (Å²) < 4.78 is 11.4. The van der Waals surface area contributed by atoms with Crippen LogP contribution in [0.5, 0.6) is 11.5 Å². The van der Waals surface area contributed by atoms with E-state index in [-0.39, 0.29) is 5.91 Å². The molecule has 1 aromatic heterocycles. The molecule has 0 radical (unpaired) electrons. The van der Waals surface area contributed by atoms with Gasteiger partial charge in [0.1, 0.15) is 6.61 Å². The van der Waals surface area contributed by atoms with Gasteiger partial charge in [-0.3, -0.25) is 4.79 Å². The van der Waals surface area contributed by atoms with E-state index in [1.54, 1.807) is 13.2 Å². The van der Waals surface area contributed by atoms with Gasteiger partial charge in [-0.1, -0.05) is 48.5 Å². The Morgan fingerprint density at radius 3 is 2.65 bits per heavy atom. The number of fused-ring (bicyclic) bond motifs is 3. The quantitative estimate of drug-likeness (QED) is 0.504. The number of aromatic nitrogens is 1. The van der Waals surface area contributed by atoms with Crippen LogP contribution in [0.15, 0.2) is 72.8 Å². The van der Waals surface area contributed by atoms with Gasteiger partial charge in [-0.15, -0.1) is 0 Å². The normalized spacial score (nSPS) is 13.1. The van der Waals surface area contributed by atoms with E-state index >= 15 is 0 Å². The van der Waals surface area contributed by atoms with Gasteiger partial charge in [-0.25, -0.2) is 0 Å². The number of rotatable bonds is 5. The van der Waals surface area contributed by atoms with Crippen molar-refractivity contribution in [1.29, 1.82) is 0 Å². The maximum Gasteiger partial charge on any atom is 0.254 e. The number of benzene rings is 3. The number of H-pyrrole nitrogens is 1. The third-order valence-electron chi connectivity index (χ3n) is 5.82. The Morgan fingerprint density at radius 1 is 1.00 bits per heavy atom. The molecule has 1 aliphatic heterocycles. The van der Waals surface area contributed by atoms with Gasteiger partial charge in [0.15, 0.2) is 11.5 Å². The van der Waals surface area contributed by atoms with Gasteiger partial charge in [0.25, 0.3) is 5.91 Å². The Kier molecular flexibility index (Phi) is 5.08. The Morgan fingerprint density at radius 2 is 1.81 bits per heavy atom. The van der Waals surface area contributed by atoms with Crippen LogP contribution in [-0.2, 0) is 19.6 Å². The zero-order valence-corrected chi connectivity index (χ0v) is 17.4. The fraction of sp³-hybridized carbons (Fsp3) is 0.192. The number of para-hydroxylation sites is 1. The number of hydrogen-bond acceptors (Lipinski definition) is 3. The smallest absolute Gasteiger partial charge is 0.254 e. The van der Waals surface area contributed by atoms with Crippen molar-refractivity contribution in [3.05, 3.63) is 95.2 Å². The number of ether oxygens (including phenoxy) is 2. The first kappa shape index (κ1) is 19.2. The minimum atomic E-state index is 0.00356. The summed E-state index contributed by atoms with van der Waals surface area (Å²) >= 11 is 0. The number of nitrogens with zero attached hydrogens (tertiary/aromatic N) is 1. The monoisotopic (exact) mass is 412 g/mol. The van der Waals surface area contributed by atoms with Gasteiger partial charge >= 0.3 is 0 Å². The minimum Gasteiger partial charge on any atom is -0.493 e. The maximum absolute atomic E-state index is 13.2. The first-order chi connectivity index (χ1) is 15.2. The molecule has 0 atom stereocenters. The molecule has 5 nitrogen and oxygen atoms in total. The predicted molar refractivity (Wildman–Crippen MR) is 121 cm³/mol. The lowest BCUT2D eigenvalue weighted by Gasteiger charge is -2.27. The first-order valence-electron chi connectivity index (χ1n) is 10.5. The number of hydrogen-bond donors (Lipinski definition) is 1. The molecule has 0 spiro atoms. The Hall–Kier alpha value is -3.73. The molecule has 5 rings (SSSR count). The van der Waals surface area contributed by atoms with Gasteiger partial charge in [0.2, 0.25) is 0 Å². The average Bonchev–Trinajstić information content (AvgIpc) is 3.20. The minimum absolute atomic E-state index is 0.00356. The van der Waals surface area contributed by atoms with Crippen LogP contribution in [0.3, 0.4) is 0 Å². The summed E-state index contributed by atoms with van der Waals surface area (Å²) in [5.74, 6) is 1.19. The van der Waals surface area contributed by atoms with Crippen LogP contribution >= 0.6 is 0 Å². The highest BCUT2D eigenvalue weighted by Gasteiger charge is 2.25. The Balaban J connectivity index is 1.34. The standard InChI is InChI=1S/C26H24N2O3/c1-30-25-15-19(11-12-24(25)31-17-18-7-3-2-4-8-18)26(29)28-14-13-23-21(16-28)20-9-5-6-10-22(20)27-23/h2-12,15,27H,13-14,16-17H2,1H3. The topological polar surface area (TPSA) is 54.6 Å². The Bertz CT molecular complexity index is 1230. The zero-order valence-electron chi connectivity index (χ0n) is 17.4. The van der Waals surface area contributed by atoms with E-state index in [4.69, 9.17) is 9.47 Å². The lowest BCUT2D eigenvalue weighted by Crippen LogP contribution is -2.35. The molecule has 0 fully saturated rings. The maximum atomic E-state index is 13.2. The van der Waals surface area contributed by atoms with E-state index in [0.717, 1.165) is 17.5 Å². The third-order valence-corrected chi connectivity index (χ3v) is 5.82. The molecule has 0 unspecified atom stereocenters. The summed E-state index contributed by atoms with van der Waals surface area (Å²) in [6, 6.07) is 23.6. The van der Waals surface area contributed by atoms with E-state index in [1.807, 2.05) is 59.5 Å². The number of carbonyl (C=O) groups is 1. The molecule has 1 aliphatic rings. The molecule has 0 aliphatic carbocycles. The lowest BCUT2D eigenvalue weighted by atomic mass is 10.0. The molecule has 2 heterocycles. The number of methoxy groups -OCH3 is 1. The molecule has 0 saturated carbocycles. The van der Waals surface area contributed by atoms with Crippen LogP contribution in [0.4, 0.5) is 0 Å². The summed E-state index contributed by atoms with van der Waals surface area (Å²) in [6.45, 7) is 1.74. The van der Waals surface area contributed by atoms with Crippen molar-refractivity contribution < 1.29 is 14.3 Å². The zero-order chi connectivity index (χ0) is 21.2. The van der Waals surface area contributed by atoms with Crippen LogP contribution in [0.1, 0.15) is 27.2 Å². The van der Waals surface area contributed by atoms with Crippen molar-refractivity contribution in [2.75, 3.05) is 13.7 Å². The Labute approximate surface area is 181 Å². The molecular formula is C26H24N2O3. The number of carbonyl (C=O) groups excluding carboxylic acids is 1. The van der Waals surface area contributed by atoms with E-state index in [2.05, 4.69) is 17.1 Å². The number of amides is 1. The van der Waals surface area contributed by atoms with Crippen molar-refractivity contribution in [1.82, 2.24) is 9.88 Å². The molecule has 1 N–H and O–H groups in total. The van der Waals surface area contributed by atoms with E-state index in [0.29, 0.717) is 36.8 Å². The van der Waals surface area contributed by atoms with Crippen LogP contribution in [0, 0.1) is 0 Å². The van der Waals surface area contributed by atoms with Crippen LogP contribution < -0.4 is 9.47 Å². The van der Waals surface area contributed by atoms with E-state index in [9.17, 15) is 4.79 Å². The van der Waals surface area contributed by atoms with Crippen molar-refractivity contribution >= 4 is 16.8 Å². The van der Waals surface area contributed by atoms with Crippen molar-refractivity contribution in [3.8, 4) is 11.5 Å². The second-order valence-electron chi connectivity index (χ2n) is 7.74. The van der Waals surface area contributed by atoms with E-state index in [1.165, 1.54) is 16.6 Å². The summed E-state index contributed by atoms with van der Waals surface area (Å²) in [7, 11) is 1.60. The summed E-state index contributed by atoms with van der Waals surface area (Å²) in [5, 5.41) is 1.19. The molecule has 5 heteroatoms. The molecule has 0 bridgehead atoms. The van der Waals surface area contributed by atoms with Gasteiger partial charge in [-0.2, -0.15) is 0 Å². The predicted octanol–water partition coefficient (Wildman–Crippen LogP) is 4.95. The molecular weight excluding hydrogens is 388 g/mol. The van der Waals surface area contributed by atoms with Gasteiger partial charge in [-0.05, 0) is 29.8 Å². The summed E-state index contributed by atoms with van der Waals surface area (Å²) in [4.78, 5) is 18.6. The summed E-state index contributed by atoms with van der Waals surface area (Å²) in [6.07, 6.45) is 0.825. The number of nitrogens with one attached hydrogen (secondary N) is 1. The second-order valence-corrected chi connectivity index (χ2v) is 7.74. The van der Waals surface area contributed by atoms with Gasteiger partial charge < -0.3 is 19.4 Å². The SMILES string of the molecule is COc1cc(C(=O)N2CCc3[nH]c4ccccc4c3C2)ccc1OCc1ccccc1. The van der Waals surface area contributed by atoms with E-state index < -0.39 is 0 Å². The highest BCUT2D eigenvalue weighted by molar-refractivity contribution is 5.95. The van der Waals surface area contributed by atoms with Crippen molar-refractivity contribution in [3.63, 3.8) is 0 Å². The molecule has 4 aromatic rings. The highest BCUT2D eigenvalue weighted by Crippen LogP contribution is 2.31. The molecule has 3 aromatic carbocycles. The average molecular weight is 412 g/mol. The fourth-order valence-corrected chi connectivity index (χ4v) is 4.18. The van der Waals surface area contributed by atoms with Crippen molar-refractivity contribution in [2.45, 2.75) is 19.6 Å². The highest BCUT2D eigenvalue weighted by atomic mass is 16.5. The molecule has 0 saturated heterocycles. The molecule has 1 amide bonds. The second kappa shape index (κ2) is 8.19. The van der Waals surface area contributed by atoms with Crippen LogP contribution in [0.25, 0.3) is 10.9 Å². The molecule has 31 heavy (non-hydrogen) atoms. The number of aromatic amines is 1. The van der Waals surface area contributed by atoms with Crippen LogP contribution in [-0.4, -0.2) is 29.4 Å². The molecule has 156 valence electrons. The third kappa shape index (κ3) is 3.75. The van der Waals surface area contributed by atoms with Crippen LogP contribution in [0.2, 0.25) is 0 Å². The largest absolute Gasteiger partial charge is 0.493 e. The summed E-state index contributed by atoms with van der Waals surface area (Å²) in [5.41, 5.74) is 5.25. The van der Waals surface area contributed by atoms with Crippen molar-refractivity contribution in [2.24, 2.45) is 0 Å². The van der Waals surface area contributed by atoms with Gasteiger partial charge in [0.05, 0.1) is 7.11 Å². The fourth-order valence-electron chi connectivity index (χ4n) is 4.18. The first-order valence-corrected chi connectivity index (χ1v) is 10.5.